The number of amides is 2. The summed E-state index contributed by atoms with van der Waals surface area (Å²) < 4.78 is 0. The van der Waals surface area contributed by atoms with Gasteiger partial charge in [0.1, 0.15) is 0 Å². The van der Waals surface area contributed by atoms with Crippen molar-refractivity contribution in [2.75, 3.05) is 5.73 Å². The second-order valence-corrected chi connectivity index (χ2v) is 5.70. The molecule has 1 aromatic rings. The van der Waals surface area contributed by atoms with Crippen LogP contribution in [0, 0.1) is 0 Å². The molecule has 3 rings (SSSR count). The molecule has 106 valence electrons. The van der Waals surface area contributed by atoms with Crippen LogP contribution in [0.1, 0.15) is 53.8 Å². The number of nitrogens with zero attached hydrogens (tertiary/aromatic N) is 2. The number of nitrogen functional groups attached to an aromatic ring is 1. The monoisotopic (exact) mass is 273 g/mol. The number of benzene rings is 1. The zero-order valence-corrected chi connectivity index (χ0v) is 11.8. The van der Waals surface area contributed by atoms with Gasteiger partial charge in [0.15, 0.2) is 0 Å². The molecule has 0 aliphatic carbocycles. The quantitative estimate of drug-likeness (QED) is 0.628. The lowest BCUT2D eigenvalue weighted by Gasteiger charge is -2.42. The highest BCUT2D eigenvalue weighted by Gasteiger charge is 2.44. The summed E-state index contributed by atoms with van der Waals surface area (Å²) in [5, 5.41) is 3.23. The summed E-state index contributed by atoms with van der Waals surface area (Å²) in [4.78, 5) is 25.2. The third-order valence-electron chi connectivity index (χ3n) is 4.30. The minimum Gasteiger partial charge on any atom is -0.398 e. The number of nitrogens with two attached hydrogens (primary N) is 1. The Morgan fingerprint density at radius 1 is 1.10 bits per heavy atom. The van der Waals surface area contributed by atoms with E-state index < -0.39 is 0 Å². The highest BCUT2D eigenvalue weighted by atomic mass is 16.2. The SMILES string of the molecule is CC1CCCC(C)N1N1C(=O)c2cccc(N)c2C1=O. The summed E-state index contributed by atoms with van der Waals surface area (Å²) in [5.41, 5.74) is 7.01. The molecular formula is C15H19N3O2. The van der Waals surface area contributed by atoms with Gasteiger partial charge in [-0.15, -0.1) is 0 Å². The molecule has 0 saturated carbocycles. The van der Waals surface area contributed by atoms with Crippen molar-refractivity contribution in [2.45, 2.75) is 45.2 Å². The van der Waals surface area contributed by atoms with Crippen LogP contribution >= 0.6 is 0 Å². The topological polar surface area (TPSA) is 66.6 Å². The molecule has 0 aromatic heterocycles. The standard InChI is InChI=1S/C15H19N3O2/c1-9-5-3-6-10(2)17(9)18-14(19)11-7-4-8-12(16)13(11)15(18)20/h4,7-10H,3,5-6,16H2,1-2H3. The van der Waals surface area contributed by atoms with Crippen molar-refractivity contribution in [1.29, 1.82) is 0 Å². The second kappa shape index (κ2) is 4.59. The Labute approximate surface area is 118 Å². The fourth-order valence-electron chi connectivity index (χ4n) is 3.31. The van der Waals surface area contributed by atoms with Crippen LogP contribution in [0.15, 0.2) is 18.2 Å². The van der Waals surface area contributed by atoms with Crippen LogP contribution in [0.25, 0.3) is 0 Å². The van der Waals surface area contributed by atoms with E-state index in [4.69, 9.17) is 5.73 Å². The van der Waals surface area contributed by atoms with Gasteiger partial charge in [-0.05, 0) is 38.8 Å². The molecule has 2 amide bonds. The van der Waals surface area contributed by atoms with Gasteiger partial charge in [-0.1, -0.05) is 12.5 Å². The van der Waals surface area contributed by atoms with Gasteiger partial charge in [0.2, 0.25) is 0 Å². The van der Waals surface area contributed by atoms with Gasteiger partial charge in [-0.2, -0.15) is 0 Å². The Hall–Kier alpha value is -1.88. The predicted octanol–water partition coefficient (Wildman–Crippen LogP) is 2.04. The highest BCUT2D eigenvalue weighted by Crippen LogP contribution is 2.33. The zero-order valence-electron chi connectivity index (χ0n) is 11.8. The Morgan fingerprint density at radius 2 is 1.75 bits per heavy atom. The van der Waals surface area contributed by atoms with Gasteiger partial charge in [0.05, 0.1) is 11.1 Å². The van der Waals surface area contributed by atoms with Crippen LogP contribution < -0.4 is 5.73 Å². The van der Waals surface area contributed by atoms with Crippen molar-refractivity contribution in [1.82, 2.24) is 10.0 Å². The van der Waals surface area contributed by atoms with E-state index in [0.717, 1.165) is 19.3 Å². The third-order valence-corrected chi connectivity index (χ3v) is 4.30. The normalized spacial score (nSPS) is 27.0. The van der Waals surface area contributed by atoms with Gasteiger partial charge in [0, 0.05) is 17.8 Å². The highest BCUT2D eigenvalue weighted by molar-refractivity contribution is 6.23. The number of fused-ring (bicyclic) bond motifs is 1. The molecule has 2 aliphatic heterocycles. The smallest absolute Gasteiger partial charge is 0.278 e. The summed E-state index contributed by atoms with van der Waals surface area (Å²) in [7, 11) is 0. The van der Waals surface area contributed by atoms with Crippen LogP contribution in [0.4, 0.5) is 5.69 Å². The maximum absolute atomic E-state index is 12.6. The van der Waals surface area contributed by atoms with Crippen LogP contribution in [-0.2, 0) is 0 Å². The molecule has 2 heterocycles. The average molecular weight is 273 g/mol. The zero-order chi connectivity index (χ0) is 14.4. The van der Waals surface area contributed by atoms with E-state index in [-0.39, 0.29) is 23.9 Å². The number of carbonyl (C=O) groups excluding carboxylic acids is 2. The van der Waals surface area contributed by atoms with Gasteiger partial charge < -0.3 is 5.73 Å². The molecular weight excluding hydrogens is 254 g/mol. The summed E-state index contributed by atoms with van der Waals surface area (Å²) in [6.07, 6.45) is 3.12. The number of hydrazine groups is 1. The van der Waals surface area contributed by atoms with Crippen molar-refractivity contribution in [3.05, 3.63) is 29.3 Å². The van der Waals surface area contributed by atoms with Gasteiger partial charge in [-0.3, -0.25) is 9.59 Å². The number of carbonyl (C=O) groups is 2. The number of hydrogen-bond acceptors (Lipinski definition) is 4. The van der Waals surface area contributed by atoms with Crippen LogP contribution in [0.3, 0.4) is 0 Å². The van der Waals surface area contributed by atoms with E-state index in [0.29, 0.717) is 16.8 Å². The van der Waals surface area contributed by atoms with Crippen LogP contribution in [0.2, 0.25) is 0 Å². The van der Waals surface area contributed by atoms with Crippen molar-refractivity contribution in [3.63, 3.8) is 0 Å². The van der Waals surface area contributed by atoms with Gasteiger partial charge in [0.25, 0.3) is 11.8 Å². The summed E-state index contributed by atoms with van der Waals surface area (Å²) in [6.45, 7) is 4.12. The summed E-state index contributed by atoms with van der Waals surface area (Å²) >= 11 is 0. The first kappa shape index (κ1) is 13.1. The van der Waals surface area contributed by atoms with E-state index in [9.17, 15) is 9.59 Å². The lowest BCUT2D eigenvalue weighted by atomic mass is 9.99. The third kappa shape index (κ3) is 1.73. The summed E-state index contributed by atoms with van der Waals surface area (Å²) in [6, 6.07) is 5.41. The first-order chi connectivity index (χ1) is 9.52. The Kier molecular flexibility index (Phi) is 3.01. The minimum absolute atomic E-state index is 0.183. The molecule has 1 fully saturated rings. The fourth-order valence-corrected chi connectivity index (χ4v) is 3.31. The molecule has 0 radical (unpaired) electrons. The predicted molar refractivity (Wildman–Crippen MR) is 76.0 cm³/mol. The number of anilines is 1. The Bertz CT molecular complexity index is 574. The Morgan fingerprint density at radius 3 is 2.35 bits per heavy atom. The first-order valence-corrected chi connectivity index (χ1v) is 7.08. The molecule has 5 nitrogen and oxygen atoms in total. The second-order valence-electron chi connectivity index (χ2n) is 5.70. The van der Waals surface area contributed by atoms with Crippen molar-refractivity contribution < 1.29 is 9.59 Å². The first-order valence-electron chi connectivity index (χ1n) is 7.08. The molecule has 0 spiro atoms. The number of imide groups is 1. The van der Waals surface area contributed by atoms with E-state index >= 15 is 0 Å². The van der Waals surface area contributed by atoms with Crippen molar-refractivity contribution in [2.24, 2.45) is 0 Å². The van der Waals surface area contributed by atoms with Gasteiger partial charge >= 0.3 is 0 Å². The van der Waals surface area contributed by atoms with Crippen LogP contribution in [0.5, 0.6) is 0 Å². The van der Waals surface area contributed by atoms with E-state index in [2.05, 4.69) is 13.8 Å². The lowest BCUT2D eigenvalue weighted by molar-refractivity contribution is -0.0566. The maximum Gasteiger partial charge on any atom is 0.278 e. The number of piperidine rings is 1. The average Bonchev–Trinajstić information content (AvgIpc) is 2.65. The molecule has 1 saturated heterocycles. The maximum atomic E-state index is 12.6. The largest absolute Gasteiger partial charge is 0.398 e. The number of rotatable bonds is 1. The minimum atomic E-state index is -0.288. The molecule has 20 heavy (non-hydrogen) atoms. The molecule has 2 aliphatic rings. The molecule has 2 atom stereocenters. The molecule has 1 aromatic carbocycles. The molecule has 2 unspecified atom stereocenters. The summed E-state index contributed by atoms with van der Waals surface area (Å²) in [5.74, 6) is -0.540. The van der Waals surface area contributed by atoms with E-state index in [1.54, 1.807) is 18.2 Å². The molecule has 5 heteroatoms. The molecule has 2 N–H and O–H groups in total. The van der Waals surface area contributed by atoms with E-state index in [1.807, 2.05) is 5.01 Å². The van der Waals surface area contributed by atoms with Gasteiger partial charge in [-0.25, -0.2) is 10.0 Å². The van der Waals surface area contributed by atoms with Crippen molar-refractivity contribution in [3.8, 4) is 0 Å². The van der Waals surface area contributed by atoms with Crippen molar-refractivity contribution >= 4 is 17.5 Å². The Balaban J connectivity index is 2.03. The fraction of sp³-hybridized carbons (Fsp3) is 0.467. The van der Waals surface area contributed by atoms with Crippen LogP contribution in [-0.4, -0.2) is 33.9 Å². The lowest BCUT2D eigenvalue weighted by Crippen LogP contribution is -2.56. The molecule has 0 bridgehead atoms. The van der Waals surface area contributed by atoms with E-state index in [1.165, 1.54) is 5.01 Å². The number of hydrogen-bond donors (Lipinski definition) is 1.